The molecule has 0 aliphatic rings. The second-order valence-corrected chi connectivity index (χ2v) is 5.47. The second-order valence-electron chi connectivity index (χ2n) is 4.63. The van der Waals surface area contributed by atoms with Crippen LogP contribution >= 0.6 is 23.2 Å². The maximum atomic E-state index is 11.7. The van der Waals surface area contributed by atoms with Crippen LogP contribution in [0, 0.1) is 6.92 Å². The minimum atomic E-state index is -0.206. The Labute approximate surface area is 133 Å². The quantitative estimate of drug-likeness (QED) is 0.903. The summed E-state index contributed by atoms with van der Waals surface area (Å²) < 4.78 is 5.36. The molecular formula is C16H15Cl2NO2. The number of rotatable bonds is 5. The highest BCUT2D eigenvalue weighted by molar-refractivity contribution is 6.35. The molecule has 0 bridgehead atoms. The molecule has 0 saturated carbocycles. The van der Waals surface area contributed by atoms with Crippen molar-refractivity contribution < 1.29 is 9.53 Å². The zero-order valence-corrected chi connectivity index (χ0v) is 13.0. The van der Waals surface area contributed by atoms with Crippen LogP contribution in [0.1, 0.15) is 11.1 Å². The average Bonchev–Trinajstić information content (AvgIpc) is 2.44. The van der Waals surface area contributed by atoms with Gasteiger partial charge in [-0.1, -0.05) is 53.0 Å². The van der Waals surface area contributed by atoms with Crippen molar-refractivity contribution in [2.24, 2.45) is 0 Å². The lowest BCUT2D eigenvalue weighted by atomic mass is 10.1. The Morgan fingerprint density at radius 1 is 1.19 bits per heavy atom. The van der Waals surface area contributed by atoms with E-state index in [-0.39, 0.29) is 12.5 Å². The summed E-state index contributed by atoms with van der Waals surface area (Å²) in [6.45, 7) is 2.39. The highest BCUT2D eigenvalue weighted by Crippen LogP contribution is 2.27. The van der Waals surface area contributed by atoms with Crippen LogP contribution in [0.2, 0.25) is 10.0 Å². The molecule has 0 aliphatic heterocycles. The van der Waals surface area contributed by atoms with Gasteiger partial charge in [0, 0.05) is 11.6 Å². The van der Waals surface area contributed by atoms with Gasteiger partial charge in [-0.2, -0.15) is 0 Å². The molecule has 0 unspecified atom stereocenters. The predicted molar refractivity (Wildman–Crippen MR) is 85.0 cm³/mol. The molecule has 3 nitrogen and oxygen atoms in total. The number of carbonyl (C=O) groups excluding carboxylic acids is 1. The second kappa shape index (κ2) is 7.34. The number of amides is 1. The first kappa shape index (κ1) is 15.7. The monoisotopic (exact) mass is 323 g/mol. The molecule has 1 amide bonds. The van der Waals surface area contributed by atoms with E-state index < -0.39 is 0 Å². The van der Waals surface area contributed by atoms with Gasteiger partial charge in [-0.05, 0) is 30.7 Å². The molecule has 0 fully saturated rings. The molecule has 5 heteroatoms. The highest BCUT2D eigenvalue weighted by Gasteiger charge is 2.06. The van der Waals surface area contributed by atoms with Gasteiger partial charge in [-0.3, -0.25) is 4.79 Å². The maximum absolute atomic E-state index is 11.7. The Morgan fingerprint density at radius 3 is 2.71 bits per heavy atom. The highest BCUT2D eigenvalue weighted by atomic mass is 35.5. The number of aryl methyl sites for hydroxylation is 1. The fourth-order valence-corrected chi connectivity index (χ4v) is 2.27. The molecule has 0 heterocycles. The van der Waals surface area contributed by atoms with Crippen LogP contribution in [0.25, 0.3) is 0 Å². The standard InChI is InChI=1S/C16H15Cl2NO2/c1-11-3-2-4-12(7-11)9-19-16(20)10-21-15-6-5-13(17)8-14(15)18/h2-8H,9-10H2,1H3,(H,19,20). The van der Waals surface area contributed by atoms with Crippen LogP contribution in [-0.4, -0.2) is 12.5 Å². The van der Waals surface area contributed by atoms with Gasteiger partial charge in [0.25, 0.3) is 5.91 Å². The van der Waals surface area contributed by atoms with Crippen molar-refractivity contribution >= 4 is 29.1 Å². The molecule has 0 radical (unpaired) electrons. The number of hydrogen-bond acceptors (Lipinski definition) is 2. The van der Waals surface area contributed by atoms with E-state index in [1.807, 2.05) is 31.2 Å². The van der Waals surface area contributed by atoms with Gasteiger partial charge in [-0.15, -0.1) is 0 Å². The number of nitrogens with one attached hydrogen (secondary N) is 1. The number of hydrogen-bond donors (Lipinski definition) is 1. The molecule has 0 aliphatic carbocycles. The first-order valence-corrected chi connectivity index (χ1v) is 7.20. The molecule has 0 atom stereocenters. The summed E-state index contributed by atoms with van der Waals surface area (Å²) >= 11 is 11.8. The summed E-state index contributed by atoms with van der Waals surface area (Å²) in [7, 11) is 0. The maximum Gasteiger partial charge on any atom is 0.258 e. The van der Waals surface area contributed by atoms with Crippen molar-refractivity contribution in [3.05, 3.63) is 63.6 Å². The van der Waals surface area contributed by atoms with Gasteiger partial charge in [-0.25, -0.2) is 0 Å². The summed E-state index contributed by atoms with van der Waals surface area (Å²) in [4.78, 5) is 11.7. The van der Waals surface area contributed by atoms with Crippen molar-refractivity contribution in [2.75, 3.05) is 6.61 Å². The zero-order valence-electron chi connectivity index (χ0n) is 11.5. The fraction of sp³-hybridized carbons (Fsp3) is 0.188. The number of ether oxygens (including phenoxy) is 1. The summed E-state index contributed by atoms with van der Waals surface area (Å²) in [5.41, 5.74) is 2.21. The first-order valence-electron chi connectivity index (χ1n) is 6.44. The number of benzene rings is 2. The van der Waals surface area contributed by atoms with E-state index in [2.05, 4.69) is 5.32 Å². The summed E-state index contributed by atoms with van der Waals surface area (Å²) in [5, 5.41) is 3.70. The smallest absolute Gasteiger partial charge is 0.258 e. The van der Waals surface area contributed by atoms with E-state index in [0.717, 1.165) is 11.1 Å². The van der Waals surface area contributed by atoms with E-state index in [0.29, 0.717) is 22.3 Å². The lowest BCUT2D eigenvalue weighted by Gasteiger charge is -2.09. The third-order valence-electron chi connectivity index (χ3n) is 2.82. The van der Waals surface area contributed by atoms with Crippen LogP contribution in [-0.2, 0) is 11.3 Å². The van der Waals surface area contributed by atoms with Gasteiger partial charge in [0.05, 0.1) is 5.02 Å². The summed E-state index contributed by atoms with van der Waals surface area (Å²) in [5.74, 6) is 0.231. The molecule has 0 aromatic heterocycles. The third-order valence-corrected chi connectivity index (χ3v) is 3.36. The SMILES string of the molecule is Cc1cccc(CNC(=O)COc2ccc(Cl)cc2Cl)c1. The van der Waals surface area contributed by atoms with Gasteiger partial charge in [0.2, 0.25) is 0 Å². The molecule has 0 spiro atoms. The molecule has 21 heavy (non-hydrogen) atoms. The van der Waals surface area contributed by atoms with Crippen molar-refractivity contribution in [3.8, 4) is 5.75 Å². The first-order chi connectivity index (χ1) is 10.0. The largest absolute Gasteiger partial charge is 0.482 e. The minimum Gasteiger partial charge on any atom is -0.482 e. The van der Waals surface area contributed by atoms with Gasteiger partial charge >= 0.3 is 0 Å². The van der Waals surface area contributed by atoms with Crippen LogP contribution in [0.3, 0.4) is 0 Å². The minimum absolute atomic E-state index is 0.0901. The van der Waals surface area contributed by atoms with E-state index in [9.17, 15) is 4.79 Å². The van der Waals surface area contributed by atoms with E-state index in [1.54, 1.807) is 18.2 Å². The Kier molecular flexibility index (Phi) is 5.48. The molecular weight excluding hydrogens is 309 g/mol. The van der Waals surface area contributed by atoms with Crippen LogP contribution < -0.4 is 10.1 Å². The van der Waals surface area contributed by atoms with Crippen molar-refractivity contribution in [1.29, 1.82) is 0 Å². The van der Waals surface area contributed by atoms with Gasteiger partial charge in [0.15, 0.2) is 6.61 Å². The summed E-state index contributed by atoms with van der Waals surface area (Å²) in [6, 6.07) is 12.8. The Morgan fingerprint density at radius 2 is 2.00 bits per heavy atom. The molecule has 0 saturated heterocycles. The van der Waals surface area contributed by atoms with Crippen molar-refractivity contribution in [1.82, 2.24) is 5.32 Å². The lowest BCUT2D eigenvalue weighted by molar-refractivity contribution is -0.123. The van der Waals surface area contributed by atoms with E-state index in [4.69, 9.17) is 27.9 Å². The van der Waals surface area contributed by atoms with Gasteiger partial charge < -0.3 is 10.1 Å². The average molecular weight is 324 g/mol. The van der Waals surface area contributed by atoms with E-state index >= 15 is 0 Å². The normalized spacial score (nSPS) is 10.2. The molecule has 2 rings (SSSR count). The summed E-state index contributed by atoms with van der Waals surface area (Å²) in [6.07, 6.45) is 0. The molecule has 2 aromatic carbocycles. The zero-order chi connectivity index (χ0) is 15.2. The lowest BCUT2D eigenvalue weighted by Crippen LogP contribution is -2.28. The van der Waals surface area contributed by atoms with Crippen molar-refractivity contribution in [2.45, 2.75) is 13.5 Å². The van der Waals surface area contributed by atoms with Gasteiger partial charge in [0.1, 0.15) is 5.75 Å². The Balaban J connectivity index is 1.82. The number of carbonyl (C=O) groups is 1. The van der Waals surface area contributed by atoms with Crippen LogP contribution in [0.5, 0.6) is 5.75 Å². The topological polar surface area (TPSA) is 38.3 Å². The Hall–Kier alpha value is -1.71. The molecule has 2 aromatic rings. The fourth-order valence-electron chi connectivity index (χ4n) is 1.81. The Bertz CT molecular complexity index is 644. The van der Waals surface area contributed by atoms with Crippen molar-refractivity contribution in [3.63, 3.8) is 0 Å². The van der Waals surface area contributed by atoms with Crippen LogP contribution in [0.15, 0.2) is 42.5 Å². The number of halogens is 2. The van der Waals surface area contributed by atoms with E-state index in [1.165, 1.54) is 0 Å². The third kappa shape index (κ3) is 4.96. The predicted octanol–water partition coefficient (Wildman–Crippen LogP) is 4.00. The molecule has 1 N–H and O–H groups in total. The van der Waals surface area contributed by atoms with Crippen LogP contribution in [0.4, 0.5) is 0 Å². The molecule has 110 valence electrons.